The summed E-state index contributed by atoms with van der Waals surface area (Å²) in [7, 11) is 0. The quantitative estimate of drug-likeness (QED) is 0.503. The molecule has 0 bridgehead atoms. The molecule has 0 fully saturated rings. The highest BCUT2D eigenvalue weighted by atomic mass is 35.5. The maximum Gasteiger partial charge on any atom is 0.187 e. The fraction of sp³-hybridized carbons (Fsp3) is 0.333. The van der Waals surface area contributed by atoms with Gasteiger partial charge in [-0.05, 0) is 50.7 Å². The van der Waals surface area contributed by atoms with E-state index in [1.165, 1.54) is 0 Å². The second-order valence-electron chi connectivity index (χ2n) is 3.94. The Morgan fingerprint density at radius 1 is 1.29 bits per heavy atom. The zero-order valence-corrected chi connectivity index (χ0v) is 11.7. The van der Waals surface area contributed by atoms with Gasteiger partial charge in [-0.25, -0.2) is 0 Å². The summed E-state index contributed by atoms with van der Waals surface area (Å²) >= 11 is 10.9. The van der Waals surface area contributed by atoms with Crippen molar-refractivity contribution in [3.63, 3.8) is 0 Å². The normalized spacial score (nSPS) is 11.5. The molecule has 0 amide bonds. The highest BCUT2D eigenvalue weighted by Gasteiger charge is 1.99. The lowest BCUT2D eigenvalue weighted by atomic mass is 10.1. The third-order valence-electron chi connectivity index (χ3n) is 2.01. The number of nitrogens with zero attached hydrogens (tertiary/aromatic N) is 1. The van der Waals surface area contributed by atoms with E-state index < -0.39 is 0 Å². The molecular weight excluding hydrogens is 254 g/mol. The van der Waals surface area contributed by atoms with Gasteiger partial charge in [0.05, 0.1) is 5.71 Å². The molecule has 0 aliphatic heterocycles. The van der Waals surface area contributed by atoms with Gasteiger partial charge in [-0.2, -0.15) is 5.10 Å². The Morgan fingerprint density at radius 2 is 1.88 bits per heavy atom. The highest BCUT2D eigenvalue weighted by molar-refractivity contribution is 7.80. The van der Waals surface area contributed by atoms with Gasteiger partial charge >= 0.3 is 0 Å². The van der Waals surface area contributed by atoms with Crippen LogP contribution in [-0.2, 0) is 0 Å². The summed E-state index contributed by atoms with van der Waals surface area (Å²) < 4.78 is 0. The fourth-order valence-corrected chi connectivity index (χ4v) is 1.59. The second kappa shape index (κ2) is 6.57. The van der Waals surface area contributed by atoms with E-state index in [-0.39, 0.29) is 0 Å². The summed E-state index contributed by atoms with van der Waals surface area (Å²) in [4.78, 5) is 0. The SMILES string of the molecule is C/C(=N/NC(=S)NC(C)C)c1ccc(Cl)cc1. The summed E-state index contributed by atoms with van der Waals surface area (Å²) in [5, 5.41) is 8.48. The van der Waals surface area contributed by atoms with Gasteiger partial charge in [0.25, 0.3) is 0 Å². The lowest BCUT2D eigenvalue weighted by molar-refractivity contribution is 0.719. The monoisotopic (exact) mass is 269 g/mol. The van der Waals surface area contributed by atoms with Crippen molar-refractivity contribution in [2.75, 3.05) is 0 Å². The predicted molar refractivity (Wildman–Crippen MR) is 77.7 cm³/mol. The lowest BCUT2D eigenvalue weighted by Crippen LogP contribution is -2.37. The molecule has 0 aliphatic carbocycles. The summed E-state index contributed by atoms with van der Waals surface area (Å²) in [6, 6.07) is 7.80. The van der Waals surface area contributed by atoms with Crippen molar-refractivity contribution < 1.29 is 0 Å². The molecule has 92 valence electrons. The predicted octanol–water partition coefficient (Wildman–Crippen LogP) is 2.94. The Bertz CT molecular complexity index is 412. The number of hydrogen-bond acceptors (Lipinski definition) is 2. The van der Waals surface area contributed by atoms with Gasteiger partial charge < -0.3 is 5.32 Å². The molecule has 1 aromatic carbocycles. The van der Waals surface area contributed by atoms with Gasteiger partial charge in [-0.15, -0.1) is 0 Å². The van der Waals surface area contributed by atoms with E-state index >= 15 is 0 Å². The number of rotatable bonds is 3. The molecule has 1 rings (SSSR count). The first-order chi connectivity index (χ1) is 7.99. The first-order valence-electron chi connectivity index (χ1n) is 5.36. The molecule has 0 saturated heterocycles. The van der Waals surface area contributed by atoms with E-state index in [0.717, 1.165) is 11.3 Å². The number of hydrazone groups is 1. The topological polar surface area (TPSA) is 36.4 Å². The average Bonchev–Trinajstić information content (AvgIpc) is 2.26. The zero-order chi connectivity index (χ0) is 12.8. The van der Waals surface area contributed by atoms with E-state index in [1.807, 2.05) is 45.0 Å². The van der Waals surface area contributed by atoms with Crippen molar-refractivity contribution in [2.45, 2.75) is 26.8 Å². The van der Waals surface area contributed by atoms with Crippen molar-refractivity contribution in [3.8, 4) is 0 Å². The van der Waals surface area contributed by atoms with Gasteiger partial charge in [0.1, 0.15) is 0 Å². The van der Waals surface area contributed by atoms with Crippen LogP contribution in [0, 0.1) is 0 Å². The Kier molecular flexibility index (Phi) is 5.38. The molecule has 0 aliphatic rings. The molecule has 0 radical (unpaired) electrons. The molecule has 0 unspecified atom stereocenters. The maximum atomic E-state index is 5.81. The molecular formula is C12H16ClN3S. The Labute approximate surface area is 112 Å². The molecule has 0 aromatic heterocycles. The van der Waals surface area contributed by atoms with E-state index in [2.05, 4.69) is 15.8 Å². The molecule has 0 saturated carbocycles. The smallest absolute Gasteiger partial charge is 0.187 e. The molecule has 5 heteroatoms. The van der Waals surface area contributed by atoms with E-state index in [0.29, 0.717) is 16.2 Å². The van der Waals surface area contributed by atoms with E-state index in [4.69, 9.17) is 23.8 Å². The minimum Gasteiger partial charge on any atom is -0.359 e. The van der Waals surface area contributed by atoms with Crippen LogP contribution >= 0.6 is 23.8 Å². The molecule has 0 atom stereocenters. The van der Waals surface area contributed by atoms with Crippen LogP contribution in [0.4, 0.5) is 0 Å². The van der Waals surface area contributed by atoms with Crippen LogP contribution in [0.15, 0.2) is 29.4 Å². The number of hydrogen-bond donors (Lipinski definition) is 2. The summed E-state index contributed by atoms with van der Waals surface area (Å²) in [6.07, 6.45) is 0. The van der Waals surface area contributed by atoms with Crippen LogP contribution < -0.4 is 10.7 Å². The van der Waals surface area contributed by atoms with Crippen LogP contribution in [0.25, 0.3) is 0 Å². The van der Waals surface area contributed by atoms with E-state index in [9.17, 15) is 0 Å². The van der Waals surface area contributed by atoms with Gasteiger partial charge in [-0.1, -0.05) is 23.7 Å². The van der Waals surface area contributed by atoms with Gasteiger partial charge in [-0.3, -0.25) is 5.43 Å². The fourth-order valence-electron chi connectivity index (χ4n) is 1.18. The van der Waals surface area contributed by atoms with Crippen LogP contribution in [-0.4, -0.2) is 16.9 Å². The zero-order valence-electron chi connectivity index (χ0n) is 10.1. The van der Waals surface area contributed by atoms with Crippen molar-refractivity contribution in [1.82, 2.24) is 10.7 Å². The average molecular weight is 270 g/mol. The first-order valence-corrected chi connectivity index (χ1v) is 6.14. The highest BCUT2D eigenvalue weighted by Crippen LogP contribution is 2.09. The largest absolute Gasteiger partial charge is 0.359 e. The van der Waals surface area contributed by atoms with Crippen LogP contribution in [0.2, 0.25) is 5.02 Å². The lowest BCUT2D eigenvalue weighted by Gasteiger charge is -2.10. The third-order valence-corrected chi connectivity index (χ3v) is 2.47. The summed E-state index contributed by atoms with van der Waals surface area (Å²) in [5.41, 5.74) is 4.67. The summed E-state index contributed by atoms with van der Waals surface area (Å²) in [6.45, 7) is 5.95. The molecule has 3 nitrogen and oxygen atoms in total. The standard InChI is InChI=1S/C12H16ClN3S/c1-8(2)14-12(17)16-15-9(3)10-4-6-11(13)7-5-10/h4-8H,1-3H3,(H2,14,16,17)/b15-9-. The van der Waals surface area contributed by atoms with Gasteiger partial charge in [0.2, 0.25) is 0 Å². The van der Waals surface area contributed by atoms with Gasteiger partial charge in [0.15, 0.2) is 5.11 Å². The minimum absolute atomic E-state index is 0.293. The van der Waals surface area contributed by atoms with E-state index in [1.54, 1.807) is 0 Å². The van der Waals surface area contributed by atoms with Crippen LogP contribution in [0.3, 0.4) is 0 Å². The van der Waals surface area contributed by atoms with Crippen LogP contribution in [0.5, 0.6) is 0 Å². The van der Waals surface area contributed by atoms with Crippen molar-refractivity contribution in [3.05, 3.63) is 34.9 Å². The Hall–Kier alpha value is -1.13. The molecule has 1 aromatic rings. The first kappa shape index (κ1) is 13.9. The second-order valence-corrected chi connectivity index (χ2v) is 4.79. The van der Waals surface area contributed by atoms with Gasteiger partial charge in [0, 0.05) is 11.1 Å². The number of halogens is 1. The molecule has 0 heterocycles. The Morgan fingerprint density at radius 3 is 2.41 bits per heavy atom. The van der Waals surface area contributed by atoms with Crippen molar-refractivity contribution in [1.29, 1.82) is 0 Å². The van der Waals surface area contributed by atoms with Crippen molar-refractivity contribution >= 4 is 34.6 Å². The molecule has 2 N–H and O–H groups in total. The number of thiocarbonyl (C=S) groups is 1. The minimum atomic E-state index is 0.293. The number of nitrogens with one attached hydrogen (secondary N) is 2. The molecule has 0 spiro atoms. The van der Waals surface area contributed by atoms with Crippen molar-refractivity contribution in [2.24, 2.45) is 5.10 Å². The summed E-state index contributed by atoms with van der Waals surface area (Å²) in [5.74, 6) is 0. The van der Waals surface area contributed by atoms with Crippen LogP contribution in [0.1, 0.15) is 26.3 Å². The molecule has 17 heavy (non-hydrogen) atoms. The third kappa shape index (κ3) is 5.15. The Balaban J connectivity index is 2.60. The maximum absolute atomic E-state index is 5.81. The number of benzene rings is 1.